The van der Waals surface area contributed by atoms with E-state index in [1.54, 1.807) is 17.8 Å². The van der Waals surface area contributed by atoms with Gasteiger partial charge in [0, 0.05) is 5.56 Å². The number of benzene rings is 2. The Balaban J connectivity index is 1.86. The Bertz CT molecular complexity index is 935. The van der Waals surface area contributed by atoms with Crippen LogP contribution in [0.5, 0.6) is 0 Å². The van der Waals surface area contributed by atoms with Crippen LogP contribution < -0.4 is 0 Å². The van der Waals surface area contributed by atoms with Crippen LogP contribution in [-0.2, 0) is 16.0 Å². The highest BCUT2D eigenvalue weighted by molar-refractivity contribution is 5.79. The van der Waals surface area contributed by atoms with E-state index in [9.17, 15) is 8.78 Å². The molecule has 0 amide bonds. The van der Waals surface area contributed by atoms with E-state index in [0.717, 1.165) is 5.56 Å². The normalized spacial score (nSPS) is 17.2. The Kier molecular flexibility index (Phi) is 5.01. The molecule has 4 rings (SSSR count). The van der Waals surface area contributed by atoms with Gasteiger partial charge in [-0.3, -0.25) is 0 Å². The largest absolute Gasteiger partial charge is 0.376 e. The second-order valence-corrected chi connectivity index (χ2v) is 6.58. The van der Waals surface area contributed by atoms with Gasteiger partial charge in [0.15, 0.2) is 0 Å². The first-order valence-corrected chi connectivity index (χ1v) is 8.90. The molecule has 1 aliphatic heterocycles. The van der Waals surface area contributed by atoms with E-state index in [0.29, 0.717) is 43.3 Å². The van der Waals surface area contributed by atoms with E-state index in [1.807, 2.05) is 30.3 Å². The molecule has 0 radical (unpaired) electrons. The van der Waals surface area contributed by atoms with E-state index in [1.165, 1.54) is 12.1 Å². The molecule has 1 atom stereocenters. The van der Waals surface area contributed by atoms with Gasteiger partial charge in [-0.05, 0) is 18.6 Å². The van der Waals surface area contributed by atoms with Crippen molar-refractivity contribution in [2.75, 3.05) is 19.8 Å². The van der Waals surface area contributed by atoms with Gasteiger partial charge >= 0.3 is 0 Å². The molecular weight excluding hydrogens is 350 g/mol. The van der Waals surface area contributed by atoms with Gasteiger partial charge < -0.3 is 14.0 Å². The molecule has 2 aromatic carbocycles. The number of rotatable bonds is 4. The van der Waals surface area contributed by atoms with Gasteiger partial charge in [-0.15, -0.1) is 0 Å². The molecule has 0 N–H and O–H groups in total. The van der Waals surface area contributed by atoms with Crippen molar-refractivity contribution in [3.63, 3.8) is 0 Å². The van der Waals surface area contributed by atoms with Gasteiger partial charge in [0.25, 0.3) is 0 Å². The van der Waals surface area contributed by atoms with Crippen LogP contribution in [0.2, 0.25) is 0 Å². The molecule has 140 valence electrons. The first-order valence-electron chi connectivity index (χ1n) is 8.90. The fourth-order valence-electron chi connectivity index (χ4n) is 3.33. The maximum atomic E-state index is 14.9. The zero-order chi connectivity index (χ0) is 18.8. The van der Waals surface area contributed by atoms with Gasteiger partial charge in [-0.2, -0.15) is 0 Å². The van der Waals surface area contributed by atoms with Crippen LogP contribution in [0.15, 0.2) is 48.8 Å². The van der Waals surface area contributed by atoms with Gasteiger partial charge in [-0.1, -0.05) is 36.4 Å². The third-order valence-electron chi connectivity index (χ3n) is 4.69. The maximum Gasteiger partial charge on any atom is 0.138 e. The quantitative estimate of drug-likeness (QED) is 0.690. The molecule has 4 nitrogen and oxygen atoms in total. The highest BCUT2D eigenvalue weighted by Crippen LogP contribution is 2.35. The van der Waals surface area contributed by atoms with E-state index in [4.69, 9.17) is 9.47 Å². The number of aromatic nitrogens is 2. The van der Waals surface area contributed by atoms with Crippen molar-refractivity contribution in [1.82, 2.24) is 9.55 Å². The predicted octanol–water partition coefficient (Wildman–Crippen LogP) is 4.22. The molecule has 27 heavy (non-hydrogen) atoms. The summed E-state index contributed by atoms with van der Waals surface area (Å²) in [5.74, 6) is -1.19. The summed E-state index contributed by atoms with van der Waals surface area (Å²) in [5, 5.41) is 0. The fraction of sp³-hybridized carbons (Fsp3) is 0.286. The number of ether oxygens (including phenoxy) is 2. The molecule has 0 saturated carbocycles. The first kappa shape index (κ1) is 17.8. The van der Waals surface area contributed by atoms with Crippen molar-refractivity contribution in [1.29, 1.82) is 0 Å². The van der Waals surface area contributed by atoms with Crippen LogP contribution >= 0.6 is 0 Å². The number of nitrogens with zero attached hydrogens (tertiary/aromatic N) is 2. The van der Waals surface area contributed by atoms with Crippen LogP contribution in [0.3, 0.4) is 0 Å². The molecule has 1 aromatic heterocycles. The van der Waals surface area contributed by atoms with Crippen molar-refractivity contribution < 1.29 is 18.3 Å². The van der Waals surface area contributed by atoms with Gasteiger partial charge in [-0.25, -0.2) is 13.8 Å². The monoisotopic (exact) mass is 370 g/mol. The van der Waals surface area contributed by atoms with Crippen LogP contribution in [0, 0.1) is 18.6 Å². The number of aryl methyl sites for hydroxylation is 1. The molecule has 0 unspecified atom stereocenters. The van der Waals surface area contributed by atoms with Crippen LogP contribution in [-0.4, -0.2) is 35.5 Å². The summed E-state index contributed by atoms with van der Waals surface area (Å²) in [6, 6.07) is 12.1. The zero-order valence-corrected chi connectivity index (χ0v) is 15.0. The Morgan fingerprint density at radius 2 is 1.93 bits per heavy atom. The molecular formula is C21H20F2N2O2. The predicted molar refractivity (Wildman–Crippen MR) is 98.3 cm³/mol. The molecule has 0 spiro atoms. The molecule has 2 heterocycles. The van der Waals surface area contributed by atoms with E-state index in [2.05, 4.69) is 4.98 Å². The molecule has 0 bridgehead atoms. The van der Waals surface area contributed by atoms with E-state index < -0.39 is 11.6 Å². The smallest absolute Gasteiger partial charge is 0.138 e. The number of hydrogen-bond acceptors (Lipinski definition) is 3. The lowest BCUT2D eigenvalue weighted by molar-refractivity contribution is -0.0934. The zero-order valence-electron chi connectivity index (χ0n) is 15.0. The molecule has 3 aromatic rings. The minimum absolute atomic E-state index is 0.0666. The highest BCUT2D eigenvalue weighted by atomic mass is 19.1. The van der Waals surface area contributed by atoms with Crippen LogP contribution in [0.25, 0.3) is 22.5 Å². The number of imidazole rings is 1. The third kappa shape index (κ3) is 3.50. The Morgan fingerprint density at radius 1 is 1.11 bits per heavy atom. The SMILES string of the molecule is Cc1ccc(F)c(-c2c(-c3ccccc3)ncn2C[C@@H]2COCCO2)c1F. The summed E-state index contributed by atoms with van der Waals surface area (Å²) in [4.78, 5) is 4.47. The number of halogens is 2. The van der Waals surface area contributed by atoms with Gasteiger partial charge in [0.1, 0.15) is 11.6 Å². The van der Waals surface area contributed by atoms with Crippen LogP contribution in [0.4, 0.5) is 8.78 Å². The molecule has 6 heteroatoms. The van der Waals surface area contributed by atoms with E-state index >= 15 is 0 Å². The second kappa shape index (κ2) is 7.58. The van der Waals surface area contributed by atoms with Crippen LogP contribution in [0.1, 0.15) is 5.56 Å². The average molecular weight is 370 g/mol. The minimum Gasteiger partial charge on any atom is -0.376 e. The summed E-state index contributed by atoms with van der Waals surface area (Å²) >= 11 is 0. The maximum absolute atomic E-state index is 14.9. The van der Waals surface area contributed by atoms with E-state index in [-0.39, 0.29) is 11.7 Å². The summed E-state index contributed by atoms with van der Waals surface area (Å²) in [5.41, 5.74) is 2.07. The van der Waals surface area contributed by atoms with Crippen molar-refractivity contribution in [2.24, 2.45) is 0 Å². The Morgan fingerprint density at radius 3 is 2.67 bits per heavy atom. The number of hydrogen-bond donors (Lipinski definition) is 0. The fourth-order valence-corrected chi connectivity index (χ4v) is 3.33. The summed E-state index contributed by atoms with van der Waals surface area (Å²) < 4.78 is 42.6. The third-order valence-corrected chi connectivity index (χ3v) is 4.69. The molecule has 1 saturated heterocycles. The standard InChI is InChI=1S/C21H20F2N2O2/c1-14-7-8-17(22)18(19(14)23)21-20(15-5-3-2-4-6-15)24-13-25(21)11-16-12-26-9-10-27-16/h2-8,13,16H,9-12H2,1H3/t16-/m1/s1. The molecule has 1 aliphatic rings. The highest BCUT2D eigenvalue weighted by Gasteiger charge is 2.25. The average Bonchev–Trinajstić information content (AvgIpc) is 3.10. The molecule has 0 aliphatic carbocycles. The Hall–Kier alpha value is -2.57. The van der Waals surface area contributed by atoms with Crippen molar-refractivity contribution in [2.45, 2.75) is 19.6 Å². The molecule has 1 fully saturated rings. The van der Waals surface area contributed by atoms with Crippen molar-refractivity contribution >= 4 is 0 Å². The van der Waals surface area contributed by atoms with Crippen molar-refractivity contribution in [3.05, 3.63) is 66.0 Å². The topological polar surface area (TPSA) is 36.3 Å². The Labute approximate surface area is 156 Å². The second-order valence-electron chi connectivity index (χ2n) is 6.58. The summed E-state index contributed by atoms with van der Waals surface area (Å²) in [7, 11) is 0. The van der Waals surface area contributed by atoms with Gasteiger partial charge in [0.05, 0.1) is 55.7 Å². The lowest BCUT2D eigenvalue weighted by Crippen LogP contribution is -2.32. The minimum atomic E-state index is -0.613. The van der Waals surface area contributed by atoms with Gasteiger partial charge in [0.2, 0.25) is 0 Å². The first-order chi connectivity index (χ1) is 13.1. The van der Waals surface area contributed by atoms with Crippen molar-refractivity contribution in [3.8, 4) is 22.5 Å². The summed E-state index contributed by atoms with van der Waals surface area (Å²) in [6.07, 6.45) is 1.42. The summed E-state index contributed by atoms with van der Waals surface area (Å²) in [6.45, 7) is 3.54. The lowest BCUT2D eigenvalue weighted by Gasteiger charge is -2.24. The lowest BCUT2D eigenvalue weighted by atomic mass is 10.0.